The van der Waals surface area contributed by atoms with Gasteiger partial charge in [0, 0.05) is 12.8 Å². The van der Waals surface area contributed by atoms with Crippen molar-refractivity contribution in [1.82, 2.24) is 0 Å². The fourth-order valence-electron chi connectivity index (χ4n) is 3.82. The Morgan fingerprint density at radius 3 is 1.45 bits per heavy atom. The number of hydrogen-bond acceptors (Lipinski definition) is 5. The zero-order chi connectivity index (χ0) is 24.6. The molecule has 0 rings (SSSR count). The molecule has 2 atom stereocenters. The Morgan fingerprint density at radius 2 is 1.03 bits per heavy atom. The highest BCUT2D eigenvalue weighted by atomic mass is 16.6. The number of ether oxygens (including phenoxy) is 2. The van der Waals surface area contributed by atoms with E-state index in [-0.39, 0.29) is 25.2 Å². The van der Waals surface area contributed by atoms with Gasteiger partial charge >= 0.3 is 11.9 Å². The molecule has 0 spiro atoms. The zero-order valence-electron chi connectivity index (χ0n) is 22.1. The Balaban J connectivity index is 3.47. The van der Waals surface area contributed by atoms with Gasteiger partial charge in [0.05, 0.1) is 0 Å². The third kappa shape index (κ3) is 23.8. The van der Waals surface area contributed by atoms with Crippen molar-refractivity contribution in [3.05, 3.63) is 0 Å². The molecule has 0 fully saturated rings. The third-order valence-electron chi connectivity index (χ3n) is 6.38. The van der Waals surface area contributed by atoms with Crippen LogP contribution in [-0.4, -0.2) is 36.4 Å². The highest BCUT2D eigenvalue weighted by Crippen LogP contribution is 2.15. The van der Waals surface area contributed by atoms with Gasteiger partial charge in [-0.2, -0.15) is 0 Å². The molecule has 0 aromatic rings. The van der Waals surface area contributed by atoms with Gasteiger partial charge in [0.1, 0.15) is 19.3 Å². The van der Waals surface area contributed by atoms with E-state index in [0.717, 1.165) is 44.4 Å². The highest BCUT2D eigenvalue weighted by molar-refractivity contribution is 5.69. The second kappa shape index (κ2) is 24.0. The lowest BCUT2D eigenvalue weighted by molar-refractivity contribution is -0.152. The predicted molar refractivity (Wildman–Crippen MR) is 136 cm³/mol. The van der Waals surface area contributed by atoms with Gasteiger partial charge in [-0.25, -0.2) is 0 Å². The highest BCUT2D eigenvalue weighted by Gasteiger charge is 2.12. The molecule has 0 saturated carbocycles. The van der Waals surface area contributed by atoms with Gasteiger partial charge in [-0.15, -0.1) is 0 Å². The van der Waals surface area contributed by atoms with Gasteiger partial charge < -0.3 is 14.6 Å². The van der Waals surface area contributed by atoms with Gasteiger partial charge in [-0.3, -0.25) is 9.59 Å². The summed E-state index contributed by atoms with van der Waals surface area (Å²) in [5.41, 5.74) is 0. The molecule has 1 unspecified atom stereocenters. The molecule has 33 heavy (non-hydrogen) atoms. The second-order valence-electron chi connectivity index (χ2n) is 9.77. The molecule has 0 aliphatic heterocycles. The largest absolute Gasteiger partial charge is 0.463 e. The van der Waals surface area contributed by atoms with E-state index >= 15 is 0 Å². The molecule has 196 valence electrons. The molecule has 0 aliphatic carbocycles. The van der Waals surface area contributed by atoms with Gasteiger partial charge in [0.2, 0.25) is 0 Å². The maximum absolute atomic E-state index is 11.8. The number of rotatable bonds is 24. The fraction of sp³-hybridized carbons (Fsp3) is 0.929. The molecular formula is C28H54O5. The summed E-state index contributed by atoms with van der Waals surface area (Å²) in [4.78, 5) is 23.6. The van der Waals surface area contributed by atoms with Crippen molar-refractivity contribution >= 4 is 11.9 Å². The smallest absolute Gasteiger partial charge is 0.305 e. The molecule has 0 amide bonds. The molecule has 5 heteroatoms. The number of hydrogen-bond donors (Lipinski definition) is 1. The number of esters is 2. The van der Waals surface area contributed by atoms with Crippen molar-refractivity contribution in [1.29, 1.82) is 0 Å². The summed E-state index contributed by atoms with van der Waals surface area (Å²) in [6.45, 7) is 6.56. The second-order valence-corrected chi connectivity index (χ2v) is 9.77. The number of carbonyl (C=O) groups is 2. The Morgan fingerprint density at radius 1 is 0.636 bits per heavy atom. The van der Waals surface area contributed by atoms with Crippen LogP contribution in [0.2, 0.25) is 0 Å². The van der Waals surface area contributed by atoms with E-state index in [0.29, 0.717) is 12.8 Å². The van der Waals surface area contributed by atoms with Crippen LogP contribution in [0.4, 0.5) is 0 Å². The van der Waals surface area contributed by atoms with Gasteiger partial charge in [-0.1, -0.05) is 117 Å². The lowest BCUT2D eigenvalue weighted by Gasteiger charge is -2.12. The van der Waals surface area contributed by atoms with E-state index in [1.807, 2.05) is 0 Å². The number of aliphatic hydroxyl groups is 1. The first-order chi connectivity index (χ1) is 16.0. The Bertz CT molecular complexity index is 452. The average Bonchev–Trinajstić information content (AvgIpc) is 2.81. The predicted octanol–water partition coefficient (Wildman–Crippen LogP) is 7.52. The minimum atomic E-state index is -0.952. The van der Waals surface area contributed by atoms with Gasteiger partial charge in [0.25, 0.3) is 0 Å². The molecule has 1 N–H and O–H groups in total. The molecule has 0 aliphatic rings. The van der Waals surface area contributed by atoms with E-state index < -0.39 is 6.10 Å². The van der Waals surface area contributed by atoms with Gasteiger partial charge in [0.15, 0.2) is 0 Å². The van der Waals surface area contributed by atoms with E-state index in [2.05, 4.69) is 20.8 Å². The van der Waals surface area contributed by atoms with E-state index in [4.69, 9.17) is 9.47 Å². The van der Waals surface area contributed by atoms with E-state index in [9.17, 15) is 14.7 Å². The Kier molecular flexibility index (Phi) is 23.2. The topological polar surface area (TPSA) is 72.8 Å². The van der Waals surface area contributed by atoms with Crippen LogP contribution in [0.3, 0.4) is 0 Å². The minimum Gasteiger partial charge on any atom is -0.463 e. The number of unbranched alkanes of at least 4 members (excludes halogenated alkanes) is 13. The fourth-order valence-corrected chi connectivity index (χ4v) is 3.82. The van der Waals surface area contributed by atoms with Crippen LogP contribution < -0.4 is 0 Å². The summed E-state index contributed by atoms with van der Waals surface area (Å²) in [5, 5.41) is 9.87. The van der Waals surface area contributed by atoms with Crippen LogP contribution in [0.5, 0.6) is 0 Å². The zero-order valence-corrected chi connectivity index (χ0v) is 22.1. The molecule has 0 heterocycles. The van der Waals surface area contributed by atoms with Crippen LogP contribution in [-0.2, 0) is 19.1 Å². The Labute approximate surface area is 204 Å². The maximum atomic E-state index is 11.8. The normalized spacial score (nSPS) is 13.0. The van der Waals surface area contributed by atoms with Crippen molar-refractivity contribution in [2.75, 3.05) is 13.2 Å². The van der Waals surface area contributed by atoms with Crippen LogP contribution in [0.1, 0.15) is 143 Å². The summed E-state index contributed by atoms with van der Waals surface area (Å²) in [6, 6.07) is 0. The van der Waals surface area contributed by atoms with Crippen molar-refractivity contribution < 1.29 is 24.2 Å². The summed E-state index contributed by atoms with van der Waals surface area (Å²) in [7, 11) is 0. The quantitative estimate of drug-likeness (QED) is 0.117. The summed E-state index contributed by atoms with van der Waals surface area (Å²) in [5.74, 6) is 0.262. The Hall–Kier alpha value is -1.10. The standard InChI is InChI=1S/C28H54O5/c1-4-6-7-8-9-10-11-15-18-21-27(30)32-23-26(29)24-33-28(31)22-19-16-13-12-14-17-20-25(3)5-2/h25-26,29H,4-24H2,1-3H3/t25?,26-/m0/s1. The van der Waals surface area contributed by atoms with Crippen LogP contribution in [0.15, 0.2) is 0 Å². The minimum absolute atomic E-state index is 0.111. The number of aliphatic hydroxyl groups excluding tert-OH is 1. The summed E-state index contributed by atoms with van der Waals surface area (Å²) < 4.78 is 10.2. The molecule has 0 radical (unpaired) electrons. The lowest BCUT2D eigenvalue weighted by Crippen LogP contribution is -2.25. The molecule has 0 aromatic carbocycles. The molecule has 0 saturated heterocycles. The van der Waals surface area contributed by atoms with Crippen molar-refractivity contribution in [3.8, 4) is 0 Å². The van der Waals surface area contributed by atoms with E-state index in [1.54, 1.807) is 0 Å². The summed E-state index contributed by atoms with van der Waals surface area (Å²) in [6.07, 6.45) is 20.1. The molecule has 0 bridgehead atoms. The van der Waals surface area contributed by atoms with Crippen molar-refractivity contribution in [2.45, 2.75) is 149 Å². The first-order valence-electron chi connectivity index (χ1n) is 14.0. The van der Waals surface area contributed by atoms with Crippen LogP contribution in [0, 0.1) is 5.92 Å². The SMILES string of the molecule is CCCCCCCCCCCC(=O)OC[C@H](O)COC(=O)CCCCCCCCC(C)CC. The van der Waals surface area contributed by atoms with Crippen molar-refractivity contribution in [2.24, 2.45) is 5.92 Å². The lowest BCUT2D eigenvalue weighted by atomic mass is 10.00. The first kappa shape index (κ1) is 31.9. The monoisotopic (exact) mass is 470 g/mol. The summed E-state index contributed by atoms with van der Waals surface area (Å²) >= 11 is 0. The van der Waals surface area contributed by atoms with Crippen molar-refractivity contribution in [3.63, 3.8) is 0 Å². The molecule has 5 nitrogen and oxygen atoms in total. The molecular weight excluding hydrogens is 416 g/mol. The van der Waals surface area contributed by atoms with Gasteiger partial charge in [-0.05, 0) is 18.8 Å². The third-order valence-corrected chi connectivity index (χ3v) is 6.38. The van der Waals surface area contributed by atoms with E-state index in [1.165, 1.54) is 70.6 Å². The van der Waals surface area contributed by atoms with Crippen LogP contribution >= 0.6 is 0 Å². The van der Waals surface area contributed by atoms with Crippen LogP contribution in [0.25, 0.3) is 0 Å². The molecule has 0 aromatic heterocycles. The maximum Gasteiger partial charge on any atom is 0.305 e. The average molecular weight is 471 g/mol. The first-order valence-corrected chi connectivity index (χ1v) is 14.0. The number of carbonyl (C=O) groups excluding carboxylic acids is 2.